The van der Waals surface area contributed by atoms with E-state index in [4.69, 9.17) is 11.6 Å². The molecule has 1 N–H and O–H groups in total. The van der Waals surface area contributed by atoms with Gasteiger partial charge in [-0.1, -0.05) is 17.7 Å². The van der Waals surface area contributed by atoms with E-state index in [-0.39, 0.29) is 16.5 Å². The molecular weight excluding hydrogens is 376 g/mol. The molecule has 2 atom stereocenters. The van der Waals surface area contributed by atoms with Gasteiger partial charge in [0.05, 0.1) is 16.2 Å². The minimum absolute atomic E-state index is 0.0370. The molecule has 10 heteroatoms. The highest BCUT2D eigenvalue weighted by atomic mass is 35.5. The Morgan fingerprint density at radius 1 is 1.33 bits per heavy atom. The van der Waals surface area contributed by atoms with Gasteiger partial charge in [0.1, 0.15) is 0 Å². The molecule has 1 aromatic carbocycles. The van der Waals surface area contributed by atoms with Crippen LogP contribution in [0.2, 0.25) is 5.02 Å². The van der Waals surface area contributed by atoms with Crippen molar-refractivity contribution in [3.8, 4) is 0 Å². The van der Waals surface area contributed by atoms with Gasteiger partial charge in [-0.2, -0.15) is 4.72 Å². The molecule has 1 amide bonds. The lowest BCUT2D eigenvalue weighted by atomic mass is 10.3. The summed E-state index contributed by atoms with van der Waals surface area (Å²) >= 11 is 5.79. The van der Waals surface area contributed by atoms with Crippen LogP contribution in [0.4, 0.5) is 0 Å². The molecule has 0 aliphatic carbocycles. The van der Waals surface area contributed by atoms with E-state index < -0.39 is 37.1 Å². The van der Waals surface area contributed by atoms with Crippen LogP contribution in [0.15, 0.2) is 29.2 Å². The topological polar surface area (TPSA) is 101 Å². The molecule has 2 unspecified atom stereocenters. The summed E-state index contributed by atoms with van der Waals surface area (Å²) in [6.45, 7) is 1.80. The van der Waals surface area contributed by atoms with Gasteiger partial charge >= 0.3 is 0 Å². The Balaban J connectivity index is 2.07. The molecule has 1 aromatic rings. The van der Waals surface area contributed by atoms with Gasteiger partial charge in [-0.05, 0) is 31.5 Å². The third kappa shape index (κ3) is 4.47. The number of hydrogen-bond donors (Lipinski definition) is 1. The number of nitrogens with zero attached hydrogens (tertiary/aromatic N) is 1. The Morgan fingerprint density at radius 3 is 2.54 bits per heavy atom. The van der Waals surface area contributed by atoms with Crippen LogP contribution in [0.5, 0.6) is 0 Å². The standard InChI is InChI=1S/C14H19ClN2O5S2/c1-10(14(18)17-7-6-13(9-17)23(2,19)20)16-24(21,22)12-5-3-4-11(15)8-12/h3-5,8,10,13,16H,6-7,9H2,1-2H3. The lowest BCUT2D eigenvalue weighted by molar-refractivity contribution is -0.131. The number of carbonyl (C=O) groups is 1. The summed E-state index contributed by atoms with van der Waals surface area (Å²) < 4.78 is 50.0. The number of rotatable bonds is 5. The van der Waals surface area contributed by atoms with E-state index in [1.807, 2.05) is 0 Å². The third-order valence-electron chi connectivity index (χ3n) is 3.87. The Kier molecular flexibility index (Phi) is 5.58. The molecule has 0 radical (unpaired) electrons. The lowest BCUT2D eigenvalue weighted by Crippen LogP contribution is -2.46. The number of halogens is 1. The zero-order valence-corrected chi connectivity index (χ0v) is 15.7. The summed E-state index contributed by atoms with van der Waals surface area (Å²) in [5, 5.41) is -0.328. The van der Waals surface area contributed by atoms with E-state index in [2.05, 4.69) is 4.72 Å². The summed E-state index contributed by atoms with van der Waals surface area (Å²) in [6, 6.07) is 4.70. The van der Waals surface area contributed by atoms with Crippen LogP contribution in [0.1, 0.15) is 13.3 Å². The van der Waals surface area contributed by atoms with Crippen molar-refractivity contribution in [3.05, 3.63) is 29.3 Å². The van der Waals surface area contributed by atoms with Gasteiger partial charge in [-0.25, -0.2) is 16.8 Å². The first-order valence-corrected chi connectivity index (χ1v) is 11.1. The molecule has 24 heavy (non-hydrogen) atoms. The third-order valence-corrected chi connectivity index (χ3v) is 7.24. The van der Waals surface area contributed by atoms with Gasteiger partial charge in [0.25, 0.3) is 0 Å². The monoisotopic (exact) mass is 394 g/mol. The van der Waals surface area contributed by atoms with Gasteiger partial charge in [0.2, 0.25) is 15.9 Å². The lowest BCUT2D eigenvalue weighted by Gasteiger charge is -2.21. The minimum atomic E-state index is -3.90. The largest absolute Gasteiger partial charge is 0.340 e. The van der Waals surface area contributed by atoms with Crippen molar-refractivity contribution in [2.45, 2.75) is 29.5 Å². The van der Waals surface area contributed by atoms with Crippen molar-refractivity contribution in [2.75, 3.05) is 19.3 Å². The molecule has 0 saturated carbocycles. The SMILES string of the molecule is CC(NS(=O)(=O)c1cccc(Cl)c1)C(=O)N1CCC(S(C)(=O)=O)C1. The predicted octanol–water partition coefficient (Wildman–Crippen LogP) is 0.652. The van der Waals surface area contributed by atoms with E-state index in [1.54, 1.807) is 6.07 Å². The summed E-state index contributed by atoms with van der Waals surface area (Å²) in [6.07, 6.45) is 1.50. The van der Waals surface area contributed by atoms with Crippen molar-refractivity contribution in [2.24, 2.45) is 0 Å². The van der Waals surface area contributed by atoms with Crippen LogP contribution in [0, 0.1) is 0 Å². The van der Waals surface area contributed by atoms with Crippen molar-refractivity contribution in [1.82, 2.24) is 9.62 Å². The fourth-order valence-electron chi connectivity index (χ4n) is 2.54. The summed E-state index contributed by atoms with van der Waals surface area (Å²) in [5.74, 6) is -0.452. The number of sulfone groups is 1. The van der Waals surface area contributed by atoms with E-state index in [9.17, 15) is 21.6 Å². The van der Waals surface area contributed by atoms with Gasteiger partial charge in [0, 0.05) is 24.4 Å². The first kappa shape index (κ1) is 19.2. The fourth-order valence-corrected chi connectivity index (χ4v) is 5.02. The maximum absolute atomic E-state index is 12.4. The molecule has 0 bridgehead atoms. The van der Waals surface area contributed by atoms with Crippen molar-refractivity contribution in [1.29, 1.82) is 0 Å². The van der Waals surface area contributed by atoms with E-state index >= 15 is 0 Å². The van der Waals surface area contributed by atoms with Gasteiger partial charge in [-0.3, -0.25) is 4.79 Å². The molecule has 1 heterocycles. The van der Waals surface area contributed by atoms with E-state index in [1.165, 1.54) is 30.0 Å². The maximum atomic E-state index is 12.4. The van der Waals surface area contributed by atoms with Crippen LogP contribution < -0.4 is 4.72 Å². The Labute approximate surface area is 147 Å². The van der Waals surface area contributed by atoms with E-state index in [0.717, 1.165) is 6.26 Å². The number of hydrogen-bond acceptors (Lipinski definition) is 5. The number of sulfonamides is 1. The molecule has 1 fully saturated rings. The molecule has 1 aliphatic heterocycles. The highest BCUT2D eigenvalue weighted by molar-refractivity contribution is 7.91. The van der Waals surface area contributed by atoms with Crippen LogP contribution in [0.3, 0.4) is 0 Å². The quantitative estimate of drug-likeness (QED) is 0.790. The van der Waals surface area contributed by atoms with Gasteiger partial charge in [0.15, 0.2) is 9.84 Å². The Hall–Kier alpha value is -1.16. The second-order valence-corrected chi connectivity index (χ2v) is 10.3. The van der Waals surface area contributed by atoms with Crippen molar-refractivity contribution >= 4 is 37.4 Å². The average molecular weight is 395 g/mol. The number of nitrogens with one attached hydrogen (secondary N) is 1. The Morgan fingerprint density at radius 2 is 2.00 bits per heavy atom. The highest BCUT2D eigenvalue weighted by Crippen LogP contribution is 2.19. The number of benzene rings is 1. The average Bonchev–Trinajstić information content (AvgIpc) is 2.95. The van der Waals surface area contributed by atoms with Gasteiger partial charge in [-0.15, -0.1) is 0 Å². The molecule has 1 aliphatic rings. The normalized spacial score (nSPS) is 20.1. The molecule has 0 aromatic heterocycles. The number of likely N-dealkylation sites (tertiary alicyclic amines) is 1. The summed E-state index contributed by atoms with van der Waals surface area (Å²) in [5.41, 5.74) is 0. The second kappa shape index (κ2) is 6.99. The second-order valence-electron chi connectivity index (χ2n) is 5.82. The molecule has 0 spiro atoms. The first-order chi connectivity index (χ1) is 11.0. The van der Waals surface area contributed by atoms with Crippen molar-refractivity contribution in [3.63, 3.8) is 0 Å². The van der Waals surface area contributed by atoms with Crippen molar-refractivity contribution < 1.29 is 21.6 Å². The van der Waals surface area contributed by atoms with Crippen LogP contribution in [0.25, 0.3) is 0 Å². The minimum Gasteiger partial charge on any atom is -0.340 e. The van der Waals surface area contributed by atoms with Crippen LogP contribution in [-0.2, 0) is 24.7 Å². The van der Waals surface area contributed by atoms with Crippen LogP contribution >= 0.6 is 11.6 Å². The predicted molar refractivity (Wildman–Crippen MR) is 91.1 cm³/mol. The Bertz CT molecular complexity index is 838. The van der Waals surface area contributed by atoms with E-state index in [0.29, 0.717) is 13.0 Å². The smallest absolute Gasteiger partial charge is 0.241 e. The maximum Gasteiger partial charge on any atom is 0.241 e. The zero-order valence-electron chi connectivity index (χ0n) is 13.3. The number of carbonyl (C=O) groups excluding carboxylic acids is 1. The fraction of sp³-hybridized carbons (Fsp3) is 0.500. The summed E-state index contributed by atoms with van der Waals surface area (Å²) in [7, 11) is -7.12. The van der Waals surface area contributed by atoms with Crippen LogP contribution in [-0.4, -0.2) is 58.3 Å². The molecule has 134 valence electrons. The summed E-state index contributed by atoms with van der Waals surface area (Å²) in [4.78, 5) is 13.7. The number of amides is 1. The molecule has 7 nitrogen and oxygen atoms in total. The molecular formula is C14H19ClN2O5S2. The van der Waals surface area contributed by atoms with Gasteiger partial charge < -0.3 is 4.90 Å². The first-order valence-electron chi connectivity index (χ1n) is 7.26. The molecule has 1 saturated heterocycles. The zero-order chi connectivity index (χ0) is 18.1. The molecule has 2 rings (SSSR count). The highest BCUT2D eigenvalue weighted by Gasteiger charge is 2.35.